The van der Waals surface area contributed by atoms with Crippen LogP contribution in [-0.4, -0.2) is 50.5 Å². The molecule has 0 aromatic carbocycles. The van der Waals surface area contributed by atoms with Gasteiger partial charge in [0, 0.05) is 31.6 Å². The summed E-state index contributed by atoms with van der Waals surface area (Å²) in [6.07, 6.45) is 4.67. The van der Waals surface area contributed by atoms with E-state index in [-0.39, 0.29) is 24.9 Å². The normalized spacial score (nSPS) is 25.5. The van der Waals surface area contributed by atoms with Crippen LogP contribution >= 0.6 is 0 Å². The Labute approximate surface area is 115 Å². The number of likely N-dealkylation sites (tertiary alicyclic amines) is 1. The van der Waals surface area contributed by atoms with Crippen LogP contribution in [0.4, 0.5) is 13.6 Å². The molecule has 2 aliphatic rings. The molecular weight excluding hydrogens is 268 g/mol. The molecule has 20 heavy (non-hydrogen) atoms. The third kappa shape index (κ3) is 2.73. The summed E-state index contributed by atoms with van der Waals surface area (Å²) in [4.78, 5) is 13.8. The van der Waals surface area contributed by atoms with Gasteiger partial charge in [-0.3, -0.25) is 4.68 Å². The molecule has 0 unspecified atom stereocenters. The Balaban J connectivity index is 1.54. The van der Waals surface area contributed by atoms with Gasteiger partial charge in [-0.15, -0.1) is 5.10 Å². The van der Waals surface area contributed by atoms with Gasteiger partial charge in [-0.25, -0.2) is 13.6 Å². The SMILES string of the molecule is O=C(NC1CC(F)(F)C1)N1CCC[C@H]1Cn1ccnn1. The van der Waals surface area contributed by atoms with E-state index in [0.717, 1.165) is 12.8 Å². The molecule has 8 heteroatoms. The van der Waals surface area contributed by atoms with E-state index in [9.17, 15) is 13.6 Å². The van der Waals surface area contributed by atoms with Gasteiger partial charge in [0.15, 0.2) is 0 Å². The molecule has 1 atom stereocenters. The fourth-order valence-electron chi connectivity index (χ4n) is 2.86. The highest BCUT2D eigenvalue weighted by atomic mass is 19.3. The largest absolute Gasteiger partial charge is 0.335 e. The van der Waals surface area contributed by atoms with Crippen molar-refractivity contribution in [2.45, 2.75) is 50.2 Å². The molecule has 1 aliphatic carbocycles. The lowest BCUT2D eigenvalue weighted by Gasteiger charge is -2.37. The summed E-state index contributed by atoms with van der Waals surface area (Å²) in [7, 11) is 0. The van der Waals surface area contributed by atoms with Gasteiger partial charge in [0.2, 0.25) is 0 Å². The number of aromatic nitrogens is 3. The Hall–Kier alpha value is -1.73. The van der Waals surface area contributed by atoms with Crippen molar-refractivity contribution in [3.8, 4) is 0 Å². The molecule has 0 spiro atoms. The molecule has 0 bridgehead atoms. The van der Waals surface area contributed by atoms with Crippen molar-refractivity contribution in [1.29, 1.82) is 0 Å². The molecule has 1 saturated heterocycles. The maximum Gasteiger partial charge on any atom is 0.317 e. The quantitative estimate of drug-likeness (QED) is 0.909. The Morgan fingerprint density at radius 3 is 2.90 bits per heavy atom. The van der Waals surface area contributed by atoms with Crippen molar-refractivity contribution in [3.63, 3.8) is 0 Å². The molecule has 1 N–H and O–H groups in total. The van der Waals surface area contributed by atoms with Crippen LogP contribution in [0.5, 0.6) is 0 Å². The summed E-state index contributed by atoms with van der Waals surface area (Å²) < 4.78 is 27.2. The first-order valence-electron chi connectivity index (χ1n) is 6.82. The minimum Gasteiger partial charge on any atom is -0.335 e. The maximum atomic E-state index is 12.8. The molecular formula is C12H17F2N5O. The second-order valence-corrected chi connectivity index (χ2v) is 5.53. The summed E-state index contributed by atoms with van der Waals surface area (Å²) >= 11 is 0. The predicted molar refractivity (Wildman–Crippen MR) is 66.3 cm³/mol. The van der Waals surface area contributed by atoms with Crippen molar-refractivity contribution in [2.24, 2.45) is 0 Å². The third-order valence-electron chi connectivity index (χ3n) is 3.93. The number of alkyl halides is 2. The summed E-state index contributed by atoms with van der Waals surface area (Å²) in [6, 6.07) is -0.587. The van der Waals surface area contributed by atoms with Gasteiger partial charge in [-0.1, -0.05) is 5.21 Å². The third-order valence-corrected chi connectivity index (χ3v) is 3.93. The fourth-order valence-corrected chi connectivity index (χ4v) is 2.86. The van der Waals surface area contributed by atoms with Gasteiger partial charge in [0.25, 0.3) is 5.92 Å². The lowest BCUT2D eigenvalue weighted by molar-refractivity contribution is -0.0903. The lowest BCUT2D eigenvalue weighted by atomic mass is 9.88. The maximum absolute atomic E-state index is 12.8. The topological polar surface area (TPSA) is 63.1 Å². The van der Waals surface area contributed by atoms with Crippen LogP contribution in [0.3, 0.4) is 0 Å². The minimum absolute atomic E-state index is 0.0530. The summed E-state index contributed by atoms with van der Waals surface area (Å²) in [5, 5.41) is 10.3. The number of nitrogens with one attached hydrogen (secondary N) is 1. The predicted octanol–water partition coefficient (Wildman–Crippen LogP) is 1.25. The van der Waals surface area contributed by atoms with E-state index in [1.807, 2.05) is 0 Å². The molecule has 1 aliphatic heterocycles. The number of nitrogens with zero attached hydrogens (tertiary/aromatic N) is 4. The van der Waals surface area contributed by atoms with Crippen LogP contribution in [0, 0.1) is 0 Å². The second-order valence-electron chi connectivity index (χ2n) is 5.53. The Bertz CT molecular complexity index is 470. The lowest BCUT2D eigenvalue weighted by Crippen LogP contribution is -2.55. The minimum atomic E-state index is -2.61. The molecule has 110 valence electrons. The van der Waals surface area contributed by atoms with Crippen LogP contribution < -0.4 is 5.32 Å². The first-order valence-corrected chi connectivity index (χ1v) is 6.82. The van der Waals surface area contributed by atoms with Gasteiger partial charge in [-0.05, 0) is 12.8 Å². The number of hydrogen-bond donors (Lipinski definition) is 1. The van der Waals surface area contributed by atoms with Gasteiger partial charge in [-0.2, -0.15) is 0 Å². The Morgan fingerprint density at radius 2 is 2.25 bits per heavy atom. The molecule has 2 fully saturated rings. The van der Waals surface area contributed by atoms with Crippen LogP contribution in [-0.2, 0) is 6.54 Å². The van der Waals surface area contributed by atoms with E-state index in [1.54, 1.807) is 22.0 Å². The highest BCUT2D eigenvalue weighted by Gasteiger charge is 2.46. The number of carbonyl (C=O) groups excluding carboxylic acids is 1. The zero-order chi connectivity index (χ0) is 14.2. The van der Waals surface area contributed by atoms with Crippen LogP contribution in [0.15, 0.2) is 12.4 Å². The number of amides is 2. The molecule has 1 saturated carbocycles. The zero-order valence-electron chi connectivity index (χ0n) is 11.0. The van der Waals surface area contributed by atoms with Gasteiger partial charge in [0.05, 0.1) is 18.8 Å². The molecule has 1 aromatic heterocycles. The first kappa shape index (κ1) is 13.3. The first-order chi connectivity index (χ1) is 9.53. The molecule has 2 amide bonds. The van der Waals surface area contributed by atoms with E-state index in [4.69, 9.17) is 0 Å². The van der Waals surface area contributed by atoms with Crippen molar-refractivity contribution >= 4 is 6.03 Å². The standard InChI is InChI=1S/C12H17F2N5O/c13-12(14)6-9(7-12)16-11(20)19-4-1-2-10(19)8-18-5-3-15-17-18/h3,5,9-10H,1-2,4,6-8H2,(H,16,20)/t10-/m0/s1. The van der Waals surface area contributed by atoms with Crippen molar-refractivity contribution in [2.75, 3.05) is 6.54 Å². The van der Waals surface area contributed by atoms with E-state index in [1.165, 1.54) is 0 Å². The van der Waals surface area contributed by atoms with E-state index in [0.29, 0.717) is 13.1 Å². The van der Waals surface area contributed by atoms with E-state index >= 15 is 0 Å². The number of urea groups is 1. The van der Waals surface area contributed by atoms with Crippen molar-refractivity contribution in [3.05, 3.63) is 12.4 Å². The van der Waals surface area contributed by atoms with Crippen LogP contribution in [0.2, 0.25) is 0 Å². The monoisotopic (exact) mass is 285 g/mol. The molecule has 0 radical (unpaired) electrons. The van der Waals surface area contributed by atoms with Crippen molar-refractivity contribution in [1.82, 2.24) is 25.2 Å². The summed E-state index contributed by atoms with van der Waals surface area (Å²) in [5.41, 5.74) is 0. The summed E-state index contributed by atoms with van der Waals surface area (Å²) in [5.74, 6) is -2.61. The molecule has 3 rings (SSSR count). The Kier molecular flexibility index (Phi) is 3.31. The number of carbonyl (C=O) groups is 1. The highest BCUT2D eigenvalue weighted by molar-refractivity contribution is 5.75. The zero-order valence-corrected chi connectivity index (χ0v) is 11.0. The second kappa shape index (κ2) is 4.99. The number of halogens is 2. The van der Waals surface area contributed by atoms with Gasteiger partial charge < -0.3 is 10.2 Å². The van der Waals surface area contributed by atoms with Crippen molar-refractivity contribution < 1.29 is 13.6 Å². The molecule has 2 heterocycles. The average molecular weight is 285 g/mol. The van der Waals surface area contributed by atoms with Crippen LogP contribution in [0.25, 0.3) is 0 Å². The molecule has 6 nitrogen and oxygen atoms in total. The fraction of sp³-hybridized carbons (Fsp3) is 0.750. The summed E-state index contributed by atoms with van der Waals surface area (Å²) in [6.45, 7) is 1.25. The Morgan fingerprint density at radius 1 is 1.45 bits per heavy atom. The van der Waals surface area contributed by atoms with Crippen LogP contribution in [0.1, 0.15) is 25.7 Å². The van der Waals surface area contributed by atoms with E-state index in [2.05, 4.69) is 15.6 Å². The number of hydrogen-bond acceptors (Lipinski definition) is 3. The highest BCUT2D eigenvalue weighted by Crippen LogP contribution is 2.37. The van der Waals surface area contributed by atoms with Gasteiger partial charge >= 0.3 is 6.03 Å². The average Bonchev–Trinajstić information content (AvgIpc) is 2.98. The smallest absolute Gasteiger partial charge is 0.317 e. The van der Waals surface area contributed by atoms with E-state index < -0.39 is 12.0 Å². The molecule has 1 aromatic rings. The van der Waals surface area contributed by atoms with Gasteiger partial charge in [0.1, 0.15) is 0 Å². The number of rotatable bonds is 3.